The van der Waals surface area contributed by atoms with Gasteiger partial charge in [-0.05, 0) is 31.2 Å². The third-order valence-corrected chi connectivity index (χ3v) is 4.27. The Morgan fingerprint density at radius 3 is 2.63 bits per heavy atom. The molecule has 2 rings (SSSR count). The number of hydrogen-bond acceptors (Lipinski definition) is 4. The van der Waals surface area contributed by atoms with Crippen LogP contribution >= 0.6 is 11.6 Å². The third kappa shape index (κ3) is 3.52. The summed E-state index contributed by atoms with van der Waals surface area (Å²) in [5, 5.41) is 4.45. The topological polar surface area (TPSA) is 76.9 Å². The molecule has 8 heteroatoms. The van der Waals surface area contributed by atoms with E-state index in [0.717, 1.165) is 0 Å². The lowest BCUT2D eigenvalue weighted by molar-refractivity contribution is 0.478. The molecule has 0 unspecified atom stereocenters. The molecule has 1 aromatic heterocycles. The van der Waals surface area contributed by atoms with Crippen molar-refractivity contribution in [3.63, 3.8) is 0 Å². The van der Waals surface area contributed by atoms with E-state index in [-0.39, 0.29) is 17.5 Å². The fourth-order valence-corrected chi connectivity index (χ4v) is 2.71. The van der Waals surface area contributed by atoms with Gasteiger partial charge in [0.1, 0.15) is 12.7 Å². The molecule has 19 heavy (non-hydrogen) atoms. The van der Waals surface area contributed by atoms with E-state index in [1.54, 1.807) is 11.0 Å². The maximum absolute atomic E-state index is 12.0. The Morgan fingerprint density at radius 1 is 1.37 bits per heavy atom. The van der Waals surface area contributed by atoms with E-state index in [1.165, 1.54) is 30.6 Å². The Balaban J connectivity index is 2.04. The van der Waals surface area contributed by atoms with Crippen molar-refractivity contribution < 1.29 is 8.42 Å². The maximum atomic E-state index is 12.0. The first-order valence-corrected chi connectivity index (χ1v) is 7.44. The lowest BCUT2D eigenvalue weighted by Crippen LogP contribution is -2.29. The van der Waals surface area contributed by atoms with Gasteiger partial charge in [-0.1, -0.05) is 11.6 Å². The average Bonchev–Trinajstić information content (AvgIpc) is 2.90. The maximum Gasteiger partial charge on any atom is 0.240 e. The first-order valence-electron chi connectivity index (χ1n) is 5.58. The number of benzene rings is 1. The third-order valence-electron chi connectivity index (χ3n) is 2.58. The molecule has 0 radical (unpaired) electrons. The Kier molecular flexibility index (Phi) is 4.18. The summed E-state index contributed by atoms with van der Waals surface area (Å²) >= 11 is 5.72. The van der Waals surface area contributed by atoms with Crippen LogP contribution in [0.2, 0.25) is 5.02 Å². The molecule has 0 amide bonds. The van der Waals surface area contributed by atoms with Crippen LogP contribution in [-0.4, -0.2) is 29.7 Å². The number of hydrogen-bond donors (Lipinski definition) is 1. The molecule has 1 atom stereocenters. The van der Waals surface area contributed by atoms with Crippen molar-refractivity contribution in [3.8, 4) is 0 Å². The van der Waals surface area contributed by atoms with E-state index in [2.05, 4.69) is 14.8 Å². The molecule has 1 N–H and O–H groups in total. The largest absolute Gasteiger partial charge is 0.249 e. The van der Waals surface area contributed by atoms with Crippen LogP contribution in [0, 0.1) is 0 Å². The molecule has 0 saturated carbocycles. The van der Waals surface area contributed by atoms with Gasteiger partial charge in [0.25, 0.3) is 0 Å². The van der Waals surface area contributed by atoms with Gasteiger partial charge in [-0.2, -0.15) is 5.10 Å². The highest BCUT2D eigenvalue weighted by atomic mass is 35.5. The fraction of sp³-hybridized carbons (Fsp3) is 0.273. The first-order chi connectivity index (χ1) is 8.99. The quantitative estimate of drug-likeness (QED) is 0.907. The summed E-state index contributed by atoms with van der Waals surface area (Å²) in [6.07, 6.45) is 2.95. The van der Waals surface area contributed by atoms with Crippen LogP contribution in [0.5, 0.6) is 0 Å². The summed E-state index contributed by atoms with van der Waals surface area (Å²) in [6, 6.07) is 5.88. The minimum atomic E-state index is -3.53. The summed E-state index contributed by atoms with van der Waals surface area (Å²) in [5.41, 5.74) is 0. The van der Waals surface area contributed by atoms with Crippen LogP contribution in [0.25, 0.3) is 0 Å². The van der Waals surface area contributed by atoms with Gasteiger partial charge in [-0.15, -0.1) is 0 Å². The molecular weight excluding hydrogens is 288 g/mol. The molecule has 2 aromatic rings. The monoisotopic (exact) mass is 300 g/mol. The number of aromatic nitrogens is 3. The molecule has 6 nitrogen and oxygen atoms in total. The van der Waals surface area contributed by atoms with Crippen molar-refractivity contribution in [2.24, 2.45) is 0 Å². The predicted octanol–water partition coefficient (Wildman–Crippen LogP) is 1.47. The molecule has 0 aliphatic carbocycles. The highest BCUT2D eigenvalue weighted by Gasteiger charge is 2.15. The number of rotatable bonds is 5. The van der Waals surface area contributed by atoms with Gasteiger partial charge in [0.2, 0.25) is 10.0 Å². The Morgan fingerprint density at radius 2 is 2.05 bits per heavy atom. The fourth-order valence-electron chi connectivity index (χ4n) is 1.47. The molecule has 102 valence electrons. The van der Waals surface area contributed by atoms with Gasteiger partial charge in [0.05, 0.1) is 10.9 Å². The van der Waals surface area contributed by atoms with Crippen LogP contribution in [0.4, 0.5) is 0 Å². The second-order valence-electron chi connectivity index (χ2n) is 4.03. The lowest BCUT2D eigenvalue weighted by Gasteiger charge is -2.13. The number of sulfonamides is 1. The minimum Gasteiger partial charge on any atom is -0.249 e. The van der Waals surface area contributed by atoms with Crippen molar-refractivity contribution >= 4 is 21.6 Å². The first kappa shape index (κ1) is 14.0. The lowest BCUT2D eigenvalue weighted by atomic mass is 10.4. The second-order valence-corrected chi connectivity index (χ2v) is 6.23. The minimum absolute atomic E-state index is 0.121. The summed E-state index contributed by atoms with van der Waals surface area (Å²) in [6.45, 7) is 2.08. The van der Waals surface area contributed by atoms with Gasteiger partial charge in [-0.3, -0.25) is 0 Å². The summed E-state index contributed by atoms with van der Waals surface area (Å²) in [5.74, 6) is 0. The molecular formula is C11H13ClN4O2S. The molecule has 0 fully saturated rings. The Labute approximate surface area is 116 Å². The van der Waals surface area contributed by atoms with E-state index in [9.17, 15) is 8.42 Å². The summed E-state index contributed by atoms with van der Waals surface area (Å²) < 4.78 is 28.1. The van der Waals surface area contributed by atoms with Crippen molar-refractivity contribution in [3.05, 3.63) is 41.9 Å². The van der Waals surface area contributed by atoms with Gasteiger partial charge in [0, 0.05) is 11.6 Å². The zero-order valence-electron chi connectivity index (χ0n) is 10.2. The summed E-state index contributed by atoms with van der Waals surface area (Å²) in [4.78, 5) is 4.00. The number of halogens is 1. The summed E-state index contributed by atoms with van der Waals surface area (Å²) in [7, 11) is -3.53. The predicted molar refractivity (Wildman–Crippen MR) is 71.4 cm³/mol. The molecule has 1 aromatic carbocycles. The van der Waals surface area contributed by atoms with E-state index >= 15 is 0 Å². The molecule has 0 saturated heterocycles. The zero-order valence-corrected chi connectivity index (χ0v) is 11.8. The normalized spacial score (nSPS) is 13.4. The van der Waals surface area contributed by atoms with Gasteiger partial charge >= 0.3 is 0 Å². The number of nitrogens with one attached hydrogen (secondary N) is 1. The average molecular weight is 301 g/mol. The van der Waals surface area contributed by atoms with E-state index in [1.807, 2.05) is 6.92 Å². The van der Waals surface area contributed by atoms with Crippen molar-refractivity contribution in [1.29, 1.82) is 0 Å². The SMILES string of the molecule is C[C@H](CNS(=O)(=O)c1ccc(Cl)cc1)n1cncn1. The van der Waals surface area contributed by atoms with Crippen LogP contribution < -0.4 is 4.72 Å². The van der Waals surface area contributed by atoms with Gasteiger partial charge in [0.15, 0.2) is 0 Å². The van der Waals surface area contributed by atoms with Crippen molar-refractivity contribution in [2.75, 3.05) is 6.54 Å². The molecule has 0 aliphatic rings. The standard InChI is InChI=1S/C11H13ClN4O2S/c1-9(16-8-13-7-14-16)6-15-19(17,18)11-4-2-10(12)3-5-11/h2-5,7-9,15H,6H2,1H3/t9-/m1/s1. The van der Waals surface area contributed by atoms with Gasteiger partial charge < -0.3 is 0 Å². The van der Waals surface area contributed by atoms with E-state index < -0.39 is 10.0 Å². The highest BCUT2D eigenvalue weighted by molar-refractivity contribution is 7.89. The van der Waals surface area contributed by atoms with Gasteiger partial charge in [-0.25, -0.2) is 22.8 Å². The molecule has 0 aliphatic heterocycles. The molecule has 0 spiro atoms. The highest BCUT2D eigenvalue weighted by Crippen LogP contribution is 2.14. The molecule has 1 heterocycles. The smallest absolute Gasteiger partial charge is 0.240 e. The van der Waals surface area contributed by atoms with E-state index in [4.69, 9.17) is 11.6 Å². The van der Waals surface area contributed by atoms with E-state index in [0.29, 0.717) is 5.02 Å². The second kappa shape index (κ2) is 5.68. The number of nitrogens with zero attached hydrogens (tertiary/aromatic N) is 3. The Hall–Kier alpha value is -1.44. The van der Waals surface area contributed by atoms with Crippen molar-refractivity contribution in [1.82, 2.24) is 19.5 Å². The molecule has 0 bridgehead atoms. The Bertz CT molecular complexity index is 625. The van der Waals surface area contributed by atoms with Crippen LogP contribution in [0.15, 0.2) is 41.8 Å². The van der Waals surface area contributed by atoms with Crippen LogP contribution in [-0.2, 0) is 10.0 Å². The van der Waals surface area contributed by atoms with Crippen LogP contribution in [0.1, 0.15) is 13.0 Å². The zero-order chi connectivity index (χ0) is 13.9. The van der Waals surface area contributed by atoms with Crippen LogP contribution in [0.3, 0.4) is 0 Å². The van der Waals surface area contributed by atoms with Crippen molar-refractivity contribution in [2.45, 2.75) is 17.9 Å².